The lowest BCUT2D eigenvalue weighted by Gasteiger charge is -2.32. The summed E-state index contributed by atoms with van der Waals surface area (Å²) in [6, 6.07) is 13.8. The number of benzene rings is 1. The topological polar surface area (TPSA) is 73.7 Å². The molecule has 2 aliphatic rings. The molecule has 0 saturated heterocycles. The van der Waals surface area contributed by atoms with Crippen molar-refractivity contribution >= 4 is 12.0 Å². The van der Waals surface area contributed by atoms with E-state index in [9.17, 15) is 9.59 Å². The van der Waals surface area contributed by atoms with Crippen molar-refractivity contribution in [1.29, 1.82) is 0 Å². The van der Waals surface area contributed by atoms with Crippen molar-refractivity contribution in [2.45, 2.75) is 64.5 Å². The zero-order chi connectivity index (χ0) is 26.2. The summed E-state index contributed by atoms with van der Waals surface area (Å²) in [5, 5.41) is 0. The van der Waals surface area contributed by atoms with Crippen molar-refractivity contribution in [2.75, 3.05) is 13.7 Å². The SMILES string of the molecule is CN(C(=O)c1ccc(OCC2CC2)cn1)C1CCc2cc(-c3cccn3C(=O)OC(C)(C)C)ccc2C1. The van der Waals surface area contributed by atoms with Crippen LogP contribution < -0.4 is 4.74 Å². The summed E-state index contributed by atoms with van der Waals surface area (Å²) in [5.41, 5.74) is 4.14. The fourth-order valence-corrected chi connectivity index (χ4v) is 4.75. The lowest BCUT2D eigenvalue weighted by atomic mass is 9.86. The largest absolute Gasteiger partial charge is 0.492 e. The van der Waals surface area contributed by atoms with Gasteiger partial charge in [-0.05, 0) is 106 Å². The van der Waals surface area contributed by atoms with Gasteiger partial charge in [-0.15, -0.1) is 0 Å². The highest BCUT2D eigenvalue weighted by atomic mass is 16.6. The van der Waals surface area contributed by atoms with Crippen molar-refractivity contribution < 1.29 is 19.1 Å². The van der Waals surface area contributed by atoms with Crippen LogP contribution in [0, 0.1) is 5.92 Å². The molecule has 1 atom stereocenters. The van der Waals surface area contributed by atoms with E-state index in [4.69, 9.17) is 9.47 Å². The Morgan fingerprint density at radius 3 is 2.59 bits per heavy atom. The third kappa shape index (κ3) is 5.87. The van der Waals surface area contributed by atoms with Crippen LogP contribution in [-0.4, -0.2) is 51.7 Å². The molecule has 1 aromatic carbocycles. The molecule has 7 heteroatoms. The first-order valence-corrected chi connectivity index (χ1v) is 13.1. The average Bonchev–Trinajstić information content (AvgIpc) is 3.58. The summed E-state index contributed by atoms with van der Waals surface area (Å²) >= 11 is 0. The molecule has 7 nitrogen and oxygen atoms in total. The van der Waals surface area contributed by atoms with E-state index in [1.54, 1.807) is 23.0 Å². The number of likely N-dealkylation sites (N-methyl/N-ethyl adjacent to an activating group) is 1. The van der Waals surface area contributed by atoms with Crippen LogP contribution in [0.5, 0.6) is 5.75 Å². The number of carbonyl (C=O) groups is 2. The van der Waals surface area contributed by atoms with E-state index in [2.05, 4.69) is 17.1 Å². The van der Waals surface area contributed by atoms with Crippen LogP contribution in [0.2, 0.25) is 0 Å². The normalized spacial score (nSPS) is 17.1. The Labute approximate surface area is 218 Å². The van der Waals surface area contributed by atoms with Crippen molar-refractivity contribution in [3.05, 3.63) is 71.7 Å². The van der Waals surface area contributed by atoms with Crippen LogP contribution in [0.15, 0.2) is 54.9 Å². The Balaban J connectivity index is 1.25. The van der Waals surface area contributed by atoms with E-state index in [0.717, 1.165) is 37.1 Å². The molecule has 37 heavy (non-hydrogen) atoms. The Morgan fingerprint density at radius 1 is 1.08 bits per heavy atom. The molecule has 2 heterocycles. The van der Waals surface area contributed by atoms with Gasteiger partial charge in [-0.1, -0.05) is 12.1 Å². The van der Waals surface area contributed by atoms with Gasteiger partial charge in [0.25, 0.3) is 5.91 Å². The van der Waals surface area contributed by atoms with Crippen LogP contribution in [0.25, 0.3) is 11.3 Å². The molecule has 5 rings (SSSR count). The van der Waals surface area contributed by atoms with Crippen molar-refractivity contribution in [3.8, 4) is 17.0 Å². The standard InChI is InChI=1S/C30H35N3O4/c1-30(2,3)37-29(35)33-15-5-6-27(33)23-10-9-22-17-24(12-11-21(22)16-23)32(4)28(34)26-14-13-25(18-31-26)36-19-20-7-8-20/h5-6,9-10,13-16,18,20,24H,7-8,11-12,17,19H2,1-4H3. The minimum atomic E-state index is -0.561. The van der Waals surface area contributed by atoms with Gasteiger partial charge in [-0.3, -0.25) is 9.36 Å². The van der Waals surface area contributed by atoms with Gasteiger partial charge >= 0.3 is 6.09 Å². The summed E-state index contributed by atoms with van der Waals surface area (Å²) in [5.74, 6) is 1.31. The minimum absolute atomic E-state index is 0.0750. The van der Waals surface area contributed by atoms with Crippen LogP contribution in [-0.2, 0) is 17.6 Å². The van der Waals surface area contributed by atoms with Crippen molar-refractivity contribution in [3.63, 3.8) is 0 Å². The van der Waals surface area contributed by atoms with Gasteiger partial charge in [0.2, 0.25) is 0 Å². The smallest absolute Gasteiger partial charge is 0.418 e. The summed E-state index contributed by atoms with van der Waals surface area (Å²) in [4.78, 5) is 32.0. The number of pyridine rings is 1. The lowest BCUT2D eigenvalue weighted by molar-refractivity contribution is 0.0539. The second-order valence-electron chi connectivity index (χ2n) is 11.2. The Kier molecular flexibility index (Phi) is 6.80. The number of nitrogens with zero attached hydrogens (tertiary/aromatic N) is 3. The average molecular weight is 502 g/mol. The molecule has 1 unspecified atom stereocenters. The number of ether oxygens (including phenoxy) is 2. The molecule has 1 amide bonds. The second-order valence-corrected chi connectivity index (χ2v) is 11.2. The monoisotopic (exact) mass is 501 g/mol. The summed E-state index contributed by atoms with van der Waals surface area (Å²) < 4.78 is 12.9. The van der Waals surface area contributed by atoms with Gasteiger partial charge in [0.1, 0.15) is 17.0 Å². The second kappa shape index (κ2) is 10.0. The van der Waals surface area contributed by atoms with E-state index in [1.165, 1.54) is 24.0 Å². The first kappa shape index (κ1) is 25.1. The number of aromatic nitrogens is 2. The number of hydrogen-bond donors (Lipinski definition) is 0. The highest BCUT2D eigenvalue weighted by molar-refractivity contribution is 5.92. The molecule has 0 bridgehead atoms. The highest BCUT2D eigenvalue weighted by Crippen LogP contribution is 2.31. The van der Waals surface area contributed by atoms with Crippen LogP contribution in [0.3, 0.4) is 0 Å². The van der Waals surface area contributed by atoms with Gasteiger partial charge < -0.3 is 14.4 Å². The van der Waals surface area contributed by atoms with E-state index < -0.39 is 5.60 Å². The van der Waals surface area contributed by atoms with E-state index in [1.807, 2.05) is 57.0 Å². The molecular weight excluding hydrogens is 466 g/mol. The Hall–Kier alpha value is -3.61. The van der Waals surface area contributed by atoms with Crippen LogP contribution in [0.4, 0.5) is 4.79 Å². The van der Waals surface area contributed by atoms with Gasteiger partial charge in [0.15, 0.2) is 0 Å². The number of aryl methyl sites for hydroxylation is 1. The first-order chi connectivity index (χ1) is 17.7. The maximum Gasteiger partial charge on any atom is 0.418 e. The molecule has 0 aliphatic heterocycles. The van der Waals surface area contributed by atoms with Crippen LogP contribution >= 0.6 is 0 Å². The third-order valence-corrected chi connectivity index (χ3v) is 7.05. The minimum Gasteiger partial charge on any atom is -0.492 e. The quantitative estimate of drug-likeness (QED) is 0.430. The molecule has 2 aliphatic carbocycles. The van der Waals surface area contributed by atoms with Crippen molar-refractivity contribution in [2.24, 2.45) is 5.92 Å². The number of hydrogen-bond acceptors (Lipinski definition) is 5. The predicted octanol–water partition coefficient (Wildman–Crippen LogP) is 5.75. The lowest BCUT2D eigenvalue weighted by Crippen LogP contribution is -2.41. The maximum absolute atomic E-state index is 13.1. The highest BCUT2D eigenvalue weighted by Gasteiger charge is 2.27. The predicted molar refractivity (Wildman–Crippen MR) is 142 cm³/mol. The number of amides is 1. The van der Waals surface area contributed by atoms with Gasteiger partial charge in [0.05, 0.1) is 18.5 Å². The number of rotatable bonds is 6. The molecule has 3 aromatic rings. The van der Waals surface area contributed by atoms with Gasteiger partial charge in [0, 0.05) is 19.3 Å². The van der Waals surface area contributed by atoms with Crippen molar-refractivity contribution in [1.82, 2.24) is 14.5 Å². The molecule has 1 saturated carbocycles. The number of carbonyl (C=O) groups excluding carboxylic acids is 2. The molecule has 0 radical (unpaired) electrons. The van der Waals surface area contributed by atoms with Gasteiger partial charge in [-0.2, -0.15) is 0 Å². The summed E-state index contributed by atoms with van der Waals surface area (Å²) in [6.07, 6.45) is 7.98. The Morgan fingerprint density at radius 2 is 1.89 bits per heavy atom. The third-order valence-electron chi connectivity index (χ3n) is 7.05. The fraction of sp³-hybridized carbons (Fsp3) is 0.433. The molecular formula is C30H35N3O4. The summed E-state index contributed by atoms with van der Waals surface area (Å²) in [6.45, 7) is 6.31. The van der Waals surface area contributed by atoms with Gasteiger partial charge in [-0.25, -0.2) is 9.78 Å². The van der Waals surface area contributed by atoms with E-state index >= 15 is 0 Å². The molecule has 0 spiro atoms. The number of fused-ring (bicyclic) bond motifs is 1. The molecule has 2 aromatic heterocycles. The Bertz CT molecular complexity index is 1280. The maximum atomic E-state index is 13.1. The molecule has 1 fully saturated rings. The zero-order valence-electron chi connectivity index (χ0n) is 22.1. The van der Waals surface area contributed by atoms with E-state index in [0.29, 0.717) is 17.4 Å². The fourth-order valence-electron chi connectivity index (χ4n) is 4.75. The molecule has 0 N–H and O–H groups in total. The van der Waals surface area contributed by atoms with Crippen LogP contribution in [0.1, 0.15) is 61.6 Å². The van der Waals surface area contributed by atoms with E-state index in [-0.39, 0.29) is 18.0 Å². The molecule has 194 valence electrons. The summed E-state index contributed by atoms with van der Waals surface area (Å²) in [7, 11) is 1.86. The first-order valence-electron chi connectivity index (χ1n) is 13.1. The zero-order valence-corrected chi connectivity index (χ0v) is 22.1.